The second-order valence-electron chi connectivity index (χ2n) is 3.69. The molecule has 8 heteroatoms. The van der Waals surface area contributed by atoms with E-state index in [1.807, 2.05) is 6.07 Å². The topological polar surface area (TPSA) is 96.8 Å². The minimum Gasteiger partial charge on any atom is -0.332 e. The number of aromatic nitrogens is 2. The van der Waals surface area contributed by atoms with E-state index >= 15 is 0 Å². The van der Waals surface area contributed by atoms with Crippen LogP contribution in [0.15, 0.2) is 24.4 Å². The number of halogens is 1. The molecule has 0 spiro atoms. The number of nitriles is 1. The van der Waals surface area contributed by atoms with E-state index in [-0.39, 0.29) is 27.8 Å². The summed E-state index contributed by atoms with van der Waals surface area (Å²) in [5, 5.41) is 26.7. The first-order valence-electron chi connectivity index (χ1n) is 5.16. The molecule has 0 radical (unpaired) electrons. The summed E-state index contributed by atoms with van der Waals surface area (Å²) in [5.74, 6) is 0.246. The Balaban J connectivity index is 2.47. The van der Waals surface area contributed by atoms with Crippen molar-refractivity contribution in [1.29, 1.82) is 5.26 Å². The summed E-state index contributed by atoms with van der Waals surface area (Å²) in [6, 6.07) is 6.45. The molecule has 2 rings (SSSR count). The van der Waals surface area contributed by atoms with Gasteiger partial charge in [-0.3, -0.25) is 14.8 Å². The first-order chi connectivity index (χ1) is 9.02. The highest BCUT2D eigenvalue weighted by molar-refractivity contribution is 6.33. The molecule has 0 saturated heterocycles. The van der Waals surface area contributed by atoms with Crippen LogP contribution in [-0.4, -0.2) is 14.7 Å². The van der Waals surface area contributed by atoms with Gasteiger partial charge in [0.05, 0.1) is 4.92 Å². The zero-order valence-corrected chi connectivity index (χ0v) is 10.5. The summed E-state index contributed by atoms with van der Waals surface area (Å²) >= 11 is 5.80. The minimum absolute atomic E-state index is 0.0180. The summed E-state index contributed by atoms with van der Waals surface area (Å²) in [6.07, 6.45) is 1.51. The van der Waals surface area contributed by atoms with Crippen LogP contribution in [0.25, 0.3) is 0 Å². The van der Waals surface area contributed by atoms with Crippen molar-refractivity contribution in [3.63, 3.8) is 0 Å². The number of nitro groups is 1. The van der Waals surface area contributed by atoms with Gasteiger partial charge in [-0.1, -0.05) is 17.7 Å². The summed E-state index contributed by atoms with van der Waals surface area (Å²) in [7, 11) is 1.65. The van der Waals surface area contributed by atoms with Gasteiger partial charge in [0.15, 0.2) is 5.82 Å². The molecule has 1 N–H and O–H groups in total. The molecular formula is C11H8ClN5O2. The standard InChI is InChI=1S/C11H8ClN5O2/c1-16-6-7(5-13)11(15-16)14-9-4-2-3-8(12)10(9)17(18)19/h2-4,6H,1H3,(H,14,15). The molecule has 0 amide bonds. The average molecular weight is 278 g/mol. The quantitative estimate of drug-likeness (QED) is 0.687. The van der Waals surface area contributed by atoms with E-state index in [4.69, 9.17) is 16.9 Å². The number of para-hydroxylation sites is 1. The SMILES string of the molecule is Cn1cc(C#N)c(Nc2cccc(Cl)c2[N+](=O)[O-])n1. The van der Waals surface area contributed by atoms with Gasteiger partial charge in [0.25, 0.3) is 0 Å². The second kappa shape index (κ2) is 4.96. The predicted molar refractivity (Wildman–Crippen MR) is 69.3 cm³/mol. The van der Waals surface area contributed by atoms with Crippen LogP contribution >= 0.6 is 11.6 Å². The Hall–Kier alpha value is -2.59. The fourth-order valence-electron chi connectivity index (χ4n) is 1.59. The van der Waals surface area contributed by atoms with Crippen molar-refractivity contribution in [2.75, 3.05) is 5.32 Å². The van der Waals surface area contributed by atoms with E-state index in [1.165, 1.54) is 23.0 Å². The van der Waals surface area contributed by atoms with Crippen molar-refractivity contribution >= 4 is 28.8 Å². The van der Waals surface area contributed by atoms with Gasteiger partial charge in [0, 0.05) is 13.2 Å². The van der Waals surface area contributed by atoms with E-state index in [1.54, 1.807) is 13.1 Å². The molecule has 96 valence electrons. The van der Waals surface area contributed by atoms with Crippen LogP contribution < -0.4 is 5.32 Å². The number of nitrogens with one attached hydrogen (secondary N) is 1. The second-order valence-corrected chi connectivity index (χ2v) is 4.10. The molecule has 1 aromatic carbocycles. The maximum atomic E-state index is 11.0. The first kappa shape index (κ1) is 12.9. The lowest BCUT2D eigenvalue weighted by Crippen LogP contribution is -1.99. The fraction of sp³-hybridized carbons (Fsp3) is 0.0909. The lowest BCUT2D eigenvalue weighted by atomic mass is 10.2. The molecule has 1 aromatic heterocycles. The Morgan fingerprint density at radius 3 is 2.95 bits per heavy atom. The van der Waals surface area contributed by atoms with Crippen LogP contribution in [0.1, 0.15) is 5.56 Å². The summed E-state index contributed by atoms with van der Waals surface area (Å²) in [5.41, 5.74) is 0.225. The number of hydrogen-bond donors (Lipinski definition) is 1. The highest BCUT2D eigenvalue weighted by Crippen LogP contribution is 2.34. The van der Waals surface area contributed by atoms with Gasteiger partial charge in [-0.2, -0.15) is 10.4 Å². The Kier molecular flexibility index (Phi) is 3.35. The third-order valence-electron chi connectivity index (χ3n) is 2.37. The van der Waals surface area contributed by atoms with E-state index in [0.717, 1.165) is 0 Å². The van der Waals surface area contributed by atoms with Crippen LogP contribution in [0.5, 0.6) is 0 Å². The smallest absolute Gasteiger partial charge is 0.311 e. The lowest BCUT2D eigenvalue weighted by molar-refractivity contribution is -0.383. The van der Waals surface area contributed by atoms with E-state index < -0.39 is 4.92 Å². The summed E-state index contributed by atoms with van der Waals surface area (Å²) in [4.78, 5) is 10.4. The Labute approximate surface area is 113 Å². The molecule has 0 unspecified atom stereocenters. The lowest BCUT2D eigenvalue weighted by Gasteiger charge is -2.05. The van der Waals surface area contributed by atoms with Crippen LogP contribution in [0, 0.1) is 21.4 Å². The molecule has 19 heavy (non-hydrogen) atoms. The normalized spacial score (nSPS) is 9.95. The third-order valence-corrected chi connectivity index (χ3v) is 2.68. The molecule has 0 aliphatic carbocycles. The number of hydrogen-bond acceptors (Lipinski definition) is 5. The first-order valence-corrected chi connectivity index (χ1v) is 5.54. The molecule has 0 atom stereocenters. The van der Waals surface area contributed by atoms with Gasteiger partial charge in [-0.25, -0.2) is 0 Å². The number of nitrogens with zero attached hydrogens (tertiary/aromatic N) is 4. The zero-order valence-electron chi connectivity index (χ0n) is 9.79. The zero-order chi connectivity index (χ0) is 14.0. The largest absolute Gasteiger partial charge is 0.332 e. The maximum absolute atomic E-state index is 11.0. The molecule has 1 heterocycles. The van der Waals surface area contributed by atoms with Gasteiger partial charge >= 0.3 is 5.69 Å². The molecule has 0 bridgehead atoms. The Morgan fingerprint density at radius 1 is 1.58 bits per heavy atom. The molecule has 2 aromatic rings. The van der Waals surface area contributed by atoms with Crippen molar-refractivity contribution in [2.24, 2.45) is 7.05 Å². The molecule has 7 nitrogen and oxygen atoms in total. The number of aryl methyl sites for hydroxylation is 1. The van der Waals surface area contributed by atoms with Gasteiger partial charge in [0.1, 0.15) is 22.3 Å². The molecule has 0 aliphatic heterocycles. The number of anilines is 2. The number of nitro benzene ring substituents is 1. The average Bonchev–Trinajstić information content (AvgIpc) is 2.69. The van der Waals surface area contributed by atoms with Gasteiger partial charge in [-0.05, 0) is 12.1 Å². The van der Waals surface area contributed by atoms with E-state index in [9.17, 15) is 10.1 Å². The van der Waals surface area contributed by atoms with Crippen LogP contribution in [0.2, 0.25) is 5.02 Å². The van der Waals surface area contributed by atoms with Crippen LogP contribution in [-0.2, 0) is 7.05 Å². The fourth-order valence-corrected chi connectivity index (χ4v) is 1.84. The van der Waals surface area contributed by atoms with Gasteiger partial charge in [-0.15, -0.1) is 0 Å². The van der Waals surface area contributed by atoms with Crippen molar-refractivity contribution in [3.05, 3.63) is 45.1 Å². The summed E-state index contributed by atoms with van der Waals surface area (Å²) in [6.45, 7) is 0. The highest BCUT2D eigenvalue weighted by Gasteiger charge is 2.20. The molecular weight excluding hydrogens is 270 g/mol. The Bertz CT molecular complexity index is 689. The van der Waals surface area contributed by atoms with E-state index in [2.05, 4.69) is 10.4 Å². The highest BCUT2D eigenvalue weighted by atomic mass is 35.5. The number of benzene rings is 1. The van der Waals surface area contributed by atoms with Crippen molar-refractivity contribution in [1.82, 2.24) is 9.78 Å². The van der Waals surface area contributed by atoms with Crippen LogP contribution in [0.3, 0.4) is 0 Å². The molecule has 0 fully saturated rings. The van der Waals surface area contributed by atoms with Gasteiger partial charge < -0.3 is 5.32 Å². The summed E-state index contributed by atoms with van der Waals surface area (Å²) < 4.78 is 1.44. The monoisotopic (exact) mass is 277 g/mol. The Morgan fingerprint density at radius 2 is 2.32 bits per heavy atom. The number of rotatable bonds is 3. The van der Waals surface area contributed by atoms with Crippen molar-refractivity contribution in [2.45, 2.75) is 0 Å². The molecule has 0 aliphatic rings. The molecule has 0 saturated carbocycles. The van der Waals surface area contributed by atoms with E-state index in [0.29, 0.717) is 0 Å². The van der Waals surface area contributed by atoms with Crippen molar-refractivity contribution in [3.8, 4) is 6.07 Å². The van der Waals surface area contributed by atoms with Crippen molar-refractivity contribution < 1.29 is 4.92 Å². The van der Waals surface area contributed by atoms with Gasteiger partial charge in [0.2, 0.25) is 0 Å². The minimum atomic E-state index is -0.584. The third kappa shape index (κ3) is 2.48. The maximum Gasteiger partial charge on any atom is 0.311 e. The van der Waals surface area contributed by atoms with Crippen LogP contribution in [0.4, 0.5) is 17.2 Å². The predicted octanol–water partition coefficient (Wildman–Crippen LogP) is 2.60.